The van der Waals surface area contributed by atoms with Crippen LogP contribution in [0.2, 0.25) is 0 Å². The summed E-state index contributed by atoms with van der Waals surface area (Å²) in [5, 5.41) is 12.7. The number of β-amino-alcohol motifs (C(OH)–C–C–N with tert-alkyl or cyclic N) is 1. The maximum Gasteiger partial charge on any atom is 0.128 e. The number of ether oxygens (including phenoxy) is 1. The van der Waals surface area contributed by atoms with Crippen LogP contribution in [0.4, 0.5) is 4.39 Å². The van der Waals surface area contributed by atoms with Crippen molar-refractivity contribution in [3.05, 3.63) is 64.9 Å². The number of fused-ring (bicyclic) bond motifs is 2. The number of aromatic amines is 1. The molecule has 0 aliphatic carbocycles. The van der Waals surface area contributed by atoms with Crippen molar-refractivity contribution < 1.29 is 14.2 Å². The minimum atomic E-state index is -0.545. The third-order valence-electron chi connectivity index (χ3n) is 6.55. The van der Waals surface area contributed by atoms with Crippen LogP contribution in [0.5, 0.6) is 5.75 Å². The second kappa shape index (κ2) is 8.85. The van der Waals surface area contributed by atoms with Gasteiger partial charge in [0.2, 0.25) is 0 Å². The van der Waals surface area contributed by atoms with Gasteiger partial charge in [-0.25, -0.2) is 4.39 Å². The van der Waals surface area contributed by atoms with E-state index in [1.54, 1.807) is 17.4 Å². The maximum absolute atomic E-state index is 13.5. The quantitative estimate of drug-likeness (QED) is 0.386. The Kier molecular flexibility index (Phi) is 5.93. The van der Waals surface area contributed by atoms with Crippen LogP contribution in [0.15, 0.2) is 48.5 Å². The molecule has 3 heterocycles. The number of hydrogen-bond acceptors (Lipinski definition) is 4. The predicted molar refractivity (Wildman–Crippen MR) is 129 cm³/mol. The molecule has 0 radical (unpaired) electrons. The number of aliphatic hydroxyl groups excluding tert-OH is 1. The van der Waals surface area contributed by atoms with E-state index < -0.39 is 6.10 Å². The van der Waals surface area contributed by atoms with E-state index in [0.29, 0.717) is 18.5 Å². The number of aliphatic hydroxyl groups is 1. The Hall–Kier alpha value is -2.41. The van der Waals surface area contributed by atoms with E-state index in [-0.39, 0.29) is 12.4 Å². The molecule has 1 aliphatic heterocycles. The Morgan fingerprint density at radius 3 is 2.97 bits per heavy atom. The number of piperidine rings is 1. The van der Waals surface area contributed by atoms with Gasteiger partial charge in [-0.3, -0.25) is 4.90 Å². The number of hydrogen-bond donors (Lipinski definition) is 2. The molecule has 1 saturated heterocycles. The van der Waals surface area contributed by atoms with E-state index in [4.69, 9.17) is 4.74 Å². The standard InChI is InChI=1S/C26H29FN2O2S/c1-16-10-22-23(28-16)4-3-5-24(22)31-15-21(30)14-29-9-8-18(11-17(29)2)26-13-19-12-20(27)6-7-25(19)32-26/h3-7,10,12-13,17-18,21,28,30H,8-9,11,14-15H2,1-2H3/t17?,18-,21?/m0/s1. The molecule has 4 nitrogen and oxygen atoms in total. The molecule has 5 rings (SSSR count). The predicted octanol–water partition coefficient (Wildman–Crippen LogP) is 5.84. The zero-order chi connectivity index (χ0) is 22.2. The maximum atomic E-state index is 13.5. The highest BCUT2D eigenvalue weighted by Gasteiger charge is 2.29. The molecule has 3 atom stereocenters. The molecule has 4 aromatic rings. The Morgan fingerprint density at radius 1 is 1.25 bits per heavy atom. The molecule has 6 heteroatoms. The summed E-state index contributed by atoms with van der Waals surface area (Å²) < 4.78 is 20.7. The van der Waals surface area contributed by atoms with Gasteiger partial charge < -0.3 is 14.8 Å². The summed E-state index contributed by atoms with van der Waals surface area (Å²) in [6.45, 7) is 6.08. The van der Waals surface area contributed by atoms with Crippen molar-refractivity contribution in [3.63, 3.8) is 0 Å². The summed E-state index contributed by atoms with van der Waals surface area (Å²) in [5.41, 5.74) is 2.14. The lowest BCUT2D eigenvalue weighted by atomic mass is 9.90. The van der Waals surface area contributed by atoms with Crippen LogP contribution in [0.3, 0.4) is 0 Å². The van der Waals surface area contributed by atoms with Crippen LogP contribution in [0.25, 0.3) is 21.0 Å². The van der Waals surface area contributed by atoms with Gasteiger partial charge in [-0.2, -0.15) is 0 Å². The summed E-state index contributed by atoms with van der Waals surface area (Å²) in [6.07, 6.45) is 1.55. The van der Waals surface area contributed by atoms with Crippen molar-refractivity contribution in [2.24, 2.45) is 0 Å². The zero-order valence-electron chi connectivity index (χ0n) is 18.5. The van der Waals surface area contributed by atoms with Crippen molar-refractivity contribution in [1.82, 2.24) is 9.88 Å². The molecule has 2 aromatic heterocycles. The highest BCUT2D eigenvalue weighted by atomic mass is 32.1. The number of aromatic nitrogens is 1. The molecule has 1 fully saturated rings. The Bertz CT molecular complexity index is 1230. The third kappa shape index (κ3) is 4.40. The molecule has 2 N–H and O–H groups in total. The summed E-state index contributed by atoms with van der Waals surface area (Å²) in [5.74, 6) is 1.12. The number of nitrogens with zero attached hydrogens (tertiary/aromatic N) is 1. The highest BCUT2D eigenvalue weighted by Crippen LogP contribution is 2.38. The van der Waals surface area contributed by atoms with Crippen molar-refractivity contribution in [2.45, 2.75) is 44.8 Å². The first-order valence-electron chi connectivity index (χ1n) is 11.3. The van der Waals surface area contributed by atoms with Crippen LogP contribution in [-0.2, 0) is 0 Å². The Balaban J connectivity index is 1.17. The number of thiophene rings is 1. The molecule has 168 valence electrons. The van der Waals surface area contributed by atoms with E-state index in [9.17, 15) is 9.50 Å². The fourth-order valence-corrected chi connectivity index (χ4v) is 6.08. The molecule has 32 heavy (non-hydrogen) atoms. The first-order valence-corrected chi connectivity index (χ1v) is 12.1. The average Bonchev–Trinajstić information content (AvgIpc) is 3.36. The fourth-order valence-electron chi connectivity index (χ4n) is 4.89. The van der Waals surface area contributed by atoms with Crippen LogP contribution in [-0.4, -0.2) is 46.8 Å². The summed E-state index contributed by atoms with van der Waals surface area (Å²) in [7, 11) is 0. The molecule has 2 aromatic carbocycles. The molecule has 0 bridgehead atoms. The number of rotatable bonds is 6. The number of benzene rings is 2. The first-order chi connectivity index (χ1) is 15.5. The second-order valence-corrected chi connectivity index (χ2v) is 10.1. The highest BCUT2D eigenvalue weighted by molar-refractivity contribution is 7.19. The lowest BCUT2D eigenvalue weighted by molar-refractivity contribution is 0.0408. The SMILES string of the molecule is Cc1cc2c(OCC(O)CN3CC[C@H](c4cc5cc(F)ccc5s4)CC3C)cccc2[nH]1. The molecular weight excluding hydrogens is 423 g/mol. The van der Waals surface area contributed by atoms with Gasteiger partial charge in [0.25, 0.3) is 0 Å². The Morgan fingerprint density at radius 2 is 2.12 bits per heavy atom. The topological polar surface area (TPSA) is 48.5 Å². The molecule has 1 aliphatic rings. The molecular formula is C26H29FN2O2S. The van der Waals surface area contributed by atoms with Gasteiger partial charge >= 0.3 is 0 Å². The third-order valence-corrected chi connectivity index (χ3v) is 7.83. The summed E-state index contributed by atoms with van der Waals surface area (Å²) in [4.78, 5) is 7.02. The van der Waals surface area contributed by atoms with Gasteiger partial charge in [-0.15, -0.1) is 11.3 Å². The van der Waals surface area contributed by atoms with E-state index in [1.807, 2.05) is 31.2 Å². The number of nitrogens with one attached hydrogen (secondary N) is 1. The smallest absolute Gasteiger partial charge is 0.128 e. The monoisotopic (exact) mass is 452 g/mol. The molecule has 0 spiro atoms. The van der Waals surface area contributed by atoms with Gasteiger partial charge in [0, 0.05) is 38.8 Å². The minimum absolute atomic E-state index is 0.177. The zero-order valence-corrected chi connectivity index (χ0v) is 19.3. The van der Waals surface area contributed by atoms with Gasteiger partial charge in [-0.1, -0.05) is 6.07 Å². The first kappa shape index (κ1) is 21.4. The molecule has 2 unspecified atom stereocenters. The van der Waals surface area contributed by atoms with Gasteiger partial charge in [0.05, 0.1) is 0 Å². The van der Waals surface area contributed by atoms with Crippen molar-refractivity contribution in [2.75, 3.05) is 19.7 Å². The van der Waals surface area contributed by atoms with Gasteiger partial charge in [0.15, 0.2) is 0 Å². The van der Waals surface area contributed by atoms with E-state index in [0.717, 1.165) is 51.8 Å². The summed E-state index contributed by atoms with van der Waals surface area (Å²) >= 11 is 1.78. The lowest BCUT2D eigenvalue weighted by Gasteiger charge is -2.38. The lowest BCUT2D eigenvalue weighted by Crippen LogP contribution is -2.45. The molecule has 0 amide bonds. The van der Waals surface area contributed by atoms with E-state index >= 15 is 0 Å². The van der Waals surface area contributed by atoms with Gasteiger partial charge in [-0.05, 0) is 87.0 Å². The number of halogens is 1. The Labute approximate surface area is 191 Å². The largest absolute Gasteiger partial charge is 0.490 e. The van der Waals surface area contributed by atoms with Crippen LogP contribution in [0.1, 0.15) is 36.3 Å². The van der Waals surface area contributed by atoms with E-state index in [1.165, 1.54) is 10.9 Å². The fraction of sp³-hybridized carbons (Fsp3) is 0.385. The molecule has 0 saturated carbocycles. The van der Waals surface area contributed by atoms with Crippen LogP contribution >= 0.6 is 11.3 Å². The van der Waals surface area contributed by atoms with Crippen LogP contribution < -0.4 is 4.74 Å². The summed E-state index contributed by atoms with van der Waals surface area (Å²) in [6, 6.07) is 15.6. The second-order valence-electron chi connectivity index (χ2n) is 9.03. The van der Waals surface area contributed by atoms with Crippen molar-refractivity contribution in [3.8, 4) is 5.75 Å². The minimum Gasteiger partial charge on any atom is -0.490 e. The van der Waals surface area contributed by atoms with Crippen molar-refractivity contribution in [1.29, 1.82) is 0 Å². The van der Waals surface area contributed by atoms with Gasteiger partial charge in [0.1, 0.15) is 24.3 Å². The van der Waals surface area contributed by atoms with Crippen LogP contribution in [0, 0.1) is 12.7 Å². The number of likely N-dealkylation sites (tertiary alicyclic amines) is 1. The van der Waals surface area contributed by atoms with E-state index in [2.05, 4.69) is 28.9 Å². The number of H-pyrrole nitrogens is 1. The van der Waals surface area contributed by atoms with Crippen molar-refractivity contribution >= 4 is 32.3 Å². The normalized spacial score (nSPS) is 20.8. The average molecular weight is 453 g/mol. The number of aryl methyl sites for hydroxylation is 1.